The predicted octanol–water partition coefficient (Wildman–Crippen LogP) is 0.926. The molecule has 0 bridgehead atoms. The van der Waals surface area contributed by atoms with Crippen LogP contribution in [0.5, 0.6) is 0 Å². The van der Waals surface area contributed by atoms with Crippen LogP contribution in [0.1, 0.15) is 16.1 Å². The average molecular weight is 328 g/mol. The molecule has 2 aromatic rings. The molecule has 3 rings (SSSR count). The van der Waals surface area contributed by atoms with Gasteiger partial charge in [-0.15, -0.1) is 0 Å². The van der Waals surface area contributed by atoms with Gasteiger partial charge in [0, 0.05) is 38.9 Å². The van der Waals surface area contributed by atoms with Gasteiger partial charge in [0.05, 0.1) is 0 Å². The highest BCUT2D eigenvalue weighted by Crippen LogP contribution is 2.11. The van der Waals surface area contributed by atoms with Crippen LogP contribution in [0.3, 0.4) is 0 Å². The van der Waals surface area contributed by atoms with Crippen molar-refractivity contribution in [3.63, 3.8) is 0 Å². The maximum absolute atomic E-state index is 12.4. The van der Waals surface area contributed by atoms with Crippen molar-refractivity contribution >= 4 is 11.9 Å². The van der Waals surface area contributed by atoms with E-state index in [4.69, 9.17) is 5.11 Å². The second kappa shape index (κ2) is 7.27. The quantitative estimate of drug-likeness (QED) is 0.883. The summed E-state index contributed by atoms with van der Waals surface area (Å²) in [5.41, 5.74) is 1.57. The fourth-order valence-electron chi connectivity index (χ4n) is 2.82. The van der Waals surface area contributed by atoms with Crippen molar-refractivity contribution in [1.82, 2.24) is 19.6 Å². The molecule has 1 aromatic heterocycles. The van der Waals surface area contributed by atoms with Crippen LogP contribution in [0.15, 0.2) is 42.6 Å². The summed E-state index contributed by atoms with van der Waals surface area (Å²) >= 11 is 0. The molecule has 24 heavy (non-hydrogen) atoms. The van der Waals surface area contributed by atoms with Crippen LogP contribution in [0, 0.1) is 0 Å². The maximum Gasteiger partial charge on any atom is 0.325 e. The molecule has 0 aliphatic carbocycles. The Bertz CT molecular complexity index is 706. The van der Waals surface area contributed by atoms with Gasteiger partial charge >= 0.3 is 5.97 Å². The second-order valence-electron chi connectivity index (χ2n) is 5.85. The molecule has 0 radical (unpaired) electrons. The van der Waals surface area contributed by atoms with E-state index < -0.39 is 5.97 Å². The lowest BCUT2D eigenvalue weighted by Crippen LogP contribution is -2.48. The topological polar surface area (TPSA) is 78.7 Å². The molecule has 1 aliphatic rings. The number of carboxylic acids is 1. The van der Waals surface area contributed by atoms with Crippen LogP contribution in [-0.2, 0) is 17.9 Å². The number of carboxylic acid groups (broad SMARTS) is 1. The number of hydrogen-bond donors (Lipinski definition) is 1. The molecule has 1 saturated heterocycles. The minimum Gasteiger partial charge on any atom is -0.480 e. The third kappa shape index (κ3) is 3.99. The summed E-state index contributed by atoms with van der Waals surface area (Å²) in [4.78, 5) is 27.2. The van der Waals surface area contributed by atoms with Gasteiger partial charge in [0.15, 0.2) is 0 Å². The third-order valence-electron chi connectivity index (χ3n) is 4.07. The van der Waals surface area contributed by atoms with E-state index in [1.807, 2.05) is 18.2 Å². The Morgan fingerprint density at radius 3 is 2.42 bits per heavy atom. The molecule has 0 saturated carbocycles. The lowest BCUT2D eigenvalue weighted by Gasteiger charge is -2.34. The molecule has 0 spiro atoms. The number of benzene rings is 1. The molecule has 1 amide bonds. The molecular weight excluding hydrogens is 308 g/mol. The monoisotopic (exact) mass is 328 g/mol. The lowest BCUT2D eigenvalue weighted by atomic mass is 10.2. The Labute approximate surface area is 140 Å². The first kappa shape index (κ1) is 16.2. The van der Waals surface area contributed by atoms with E-state index in [0.29, 0.717) is 18.8 Å². The molecule has 1 aliphatic heterocycles. The SMILES string of the molecule is O=C(O)Cn1ccc(C(=O)N2CCN(Cc3ccccc3)CC2)n1. The van der Waals surface area contributed by atoms with Gasteiger partial charge in [0.2, 0.25) is 0 Å². The Hall–Kier alpha value is -2.67. The third-order valence-corrected chi connectivity index (χ3v) is 4.07. The summed E-state index contributed by atoms with van der Waals surface area (Å²) < 4.78 is 1.27. The first-order valence-electron chi connectivity index (χ1n) is 7.92. The molecule has 126 valence electrons. The lowest BCUT2D eigenvalue weighted by molar-refractivity contribution is -0.137. The van der Waals surface area contributed by atoms with E-state index >= 15 is 0 Å². The van der Waals surface area contributed by atoms with E-state index in [1.54, 1.807) is 11.0 Å². The second-order valence-corrected chi connectivity index (χ2v) is 5.85. The van der Waals surface area contributed by atoms with Gasteiger partial charge in [0.25, 0.3) is 5.91 Å². The summed E-state index contributed by atoms with van der Waals surface area (Å²) in [5.74, 6) is -1.12. The Morgan fingerprint density at radius 1 is 1.04 bits per heavy atom. The van der Waals surface area contributed by atoms with Crippen LogP contribution in [0.4, 0.5) is 0 Å². The van der Waals surface area contributed by atoms with Crippen molar-refractivity contribution in [3.05, 3.63) is 53.9 Å². The molecule has 1 N–H and O–H groups in total. The maximum atomic E-state index is 12.4. The van der Waals surface area contributed by atoms with Gasteiger partial charge in [-0.2, -0.15) is 5.10 Å². The van der Waals surface area contributed by atoms with Crippen molar-refractivity contribution < 1.29 is 14.7 Å². The molecular formula is C17H20N4O3. The van der Waals surface area contributed by atoms with E-state index in [2.05, 4.69) is 22.1 Å². The first-order valence-corrected chi connectivity index (χ1v) is 7.92. The van der Waals surface area contributed by atoms with Crippen LogP contribution >= 0.6 is 0 Å². The van der Waals surface area contributed by atoms with Gasteiger partial charge in [-0.3, -0.25) is 19.2 Å². The minimum absolute atomic E-state index is 0.140. The molecule has 2 heterocycles. The smallest absolute Gasteiger partial charge is 0.325 e. The number of carbonyl (C=O) groups is 2. The molecule has 0 unspecified atom stereocenters. The molecule has 7 heteroatoms. The first-order chi connectivity index (χ1) is 11.6. The minimum atomic E-state index is -0.980. The van der Waals surface area contributed by atoms with Crippen molar-refractivity contribution in [1.29, 1.82) is 0 Å². The van der Waals surface area contributed by atoms with Crippen molar-refractivity contribution in [2.75, 3.05) is 26.2 Å². The van der Waals surface area contributed by atoms with Crippen molar-refractivity contribution in [2.24, 2.45) is 0 Å². The summed E-state index contributed by atoms with van der Waals surface area (Å²) in [7, 11) is 0. The average Bonchev–Trinajstić information content (AvgIpc) is 3.03. The highest BCUT2D eigenvalue weighted by molar-refractivity contribution is 5.92. The number of hydrogen-bond acceptors (Lipinski definition) is 4. The summed E-state index contributed by atoms with van der Waals surface area (Å²) in [5, 5.41) is 12.8. The van der Waals surface area contributed by atoms with Crippen LogP contribution in [0.2, 0.25) is 0 Å². The largest absolute Gasteiger partial charge is 0.480 e. The van der Waals surface area contributed by atoms with Crippen molar-refractivity contribution in [2.45, 2.75) is 13.1 Å². The highest BCUT2D eigenvalue weighted by Gasteiger charge is 2.23. The van der Waals surface area contributed by atoms with Crippen LogP contribution in [0.25, 0.3) is 0 Å². The standard InChI is InChI=1S/C17H20N4O3/c22-16(23)13-21-7-6-15(18-21)17(24)20-10-8-19(9-11-20)12-14-4-2-1-3-5-14/h1-7H,8-13H2,(H,22,23). The molecule has 7 nitrogen and oxygen atoms in total. The predicted molar refractivity (Wildman–Crippen MR) is 87.5 cm³/mol. The Morgan fingerprint density at radius 2 is 1.75 bits per heavy atom. The van der Waals surface area contributed by atoms with E-state index in [-0.39, 0.29) is 12.5 Å². The number of piperazine rings is 1. The van der Waals surface area contributed by atoms with Crippen molar-refractivity contribution in [3.8, 4) is 0 Å². The van der Waals surface area contributed by atoms with Gasteiger partial charge in [-0.05, 0) is 11.6 Å². The fourth-order valence-corrected chi connectivity index (χ4v) is 2.82. The summed E-state index contributed by atoms with van der Waals surface area (Å²) in [6, 6.07) is 11.8. The highest BCUT2D eigenvalue weighted by atomic mass is 16.4. The number of amides is 1. The number of carbonyl (C=O) groups excluding carboxylic acids is 1. The van der Waals surface area contributed by atoms with Gasteiger partial charge in [-0.1, -0.05) is 30.3 Å². The zero-order valence-corrected chi connectivity index (χ0v) is 13.3. The Balaban J connectivity index is 1.53. The Kier molecular flexibility index (Phi) is 4.90. The zero-order valence-electron chi connectivity index (χ0n) is 13.3. The normalized spacial score (nSPS) is 15.4. The van der Waals surface area contributed by atoms with Gasteiger partial charge in [0.1, 0.15) is 12.2 Å². The number of nitrogens with zero attached hydrogens (tertiary/aromatic N) is 4. The molecule has 0 atom stereocenters. The molecule has 1 aromatic carbocycles. The fraction of sp³-hybridized carbons (Fsp3) is 0.353. The number of rotatable bonds is 5. The van der Waals surface area contributed by atoms with E-state index in [0.717, 1.165) is 19.6 Å². The zero-order chi connectivity index (χ0) is 16.9. The van der Waals surface area contributed by atoms with E-state index in [1.165, 1.54) is 16.4 Å². The van der Waals surface area contributed by atoms with Gasteiger partial charge < -0.3 is 10.0 Å². The van der Waals surface area contributed by atoms with Crippen LogP contribution in [-0.4, -0.2) is 62.7 Å². The van der Waals surface area contributed by atoms with E-state index in [9.17, 15) is 9.59 Å². The summed E-state index contributed by atoms with van der Waals surface area (Å²) in [6.07, 6.45) is 1.52. The number of aromatic nitrogens is 2. The molecule has 1 fully saturated rings. The van der Waals surface area contributed by atoms with Gasteiger partial charge in [-0.25, -0.2) is 0 Å². The summed E-state index contributed by atoms with van der Waals surface area (Å²) in [6.45, 7) is 3.58. The number of aliphatic carboxylic acids is 1. The van der Waals surface area contributed by atoms with Crippen LogP contribution < -0.4 is 0 Å².